The molecule has 0 saturated carbocycles. The van der Waals surface area contributed by atoms with E-state index in [-0.39, 0.29) is 12.2 Å². The number of rotatable bonds is 13. The third kappa shape index (κ3) is 11.4. The summed E-state index contributed by atoms with van der Waals surface area (Å²) in [5.74, 6) is -0.321. The van der Waals surface area contributed by atoms with E-state index in [1.54, 1.807) is 0 Å². The molecule has 0 aromatic heterocycles. The van der Waals surface area contributed by atoms with E-state index in [0.717, 1.165) is 12.8 Å². The molecule has 0 fully saturated rings. The standard InChI is InChI=1S/C14H28O5S/c1-2-3-4-5-6-7-8-9-10-11-13(15)12-14(16)20(17,18)19/h14,16H,2-12H2,1H3,(H,17,18,19)/t14-/m0/s1. The second-order valence-corrected chi connectivity index (χ2v) is 6.86. The number of Topliss-reactive ketones (excluding diaryl/α,β-unsaturated/α-hetero) is 1. The molecule has 0 bridgehead atoms. The lowest BCUT2D eigenvalue weighted by Gasteiger charge is -2.06. The number of aliphatic hydroxyl groups is 1. The van der Waals surface area contributed by atoms with Crippen molar-refractivity contribution in [1.82, 2.24) is 0 Å². The predicted molar refractivity (Wildman–Crippen MR) is 79.0 cm³/mol. The molecule has 0 aromatic rings. The van der Waals surface area contributed by atoms with Gasteiger partial charge in [-0.3, -0.25) is 9.35 Å². The summed E-state index contributed by atoms with van der Waals surface area (Å²) in [7, 11) is -4.51. The van der Waals surface area contributed by atoms with Crippen LogP contribution in [0.15, 0.2) is 0 Å². The van der Waals surface area contributed by atoms with Crippen LogP contribution in [0.1, 0.15) is 77.6 Å². The molecule has 1 atom stereocenters. The van der Waals surface area contributed by atoms with Gasteiger partial charge in [0, 0.05) is 12.8 Å². The highest BCUT2D eigenvalue weighted by Crippen LogP contribution is 2.12. The minimum atomic E-state index is -4.51. The van der Waals surface area contributed by atoms with Crippen LogP contribution in [-0.4, -0.2) is 29.3 Å². The summed E-state index contributed by atoms with van der Waals surface area (Å²) in [6, 6.07) is 0. The van der Waals surface area contributed by atoms with Gasteiger partial charge in [0.15, 0.2) is 5.44 Å². The van der Waals surface area contributed by atoms with Gasteiger partial charge in [-0.2, -0.15) is 8.42 Å². The van der Waals surface area contributed by atoms with Crippen LogP contribution < -0.4 is 0 Å². The predicted octanol–water partition coefficient (Wildman–Crippen LogP) is 3.07. The molecule has 5 nitrogen and oxygen atoms in total. The molecule has 0 aliphatic heterocycles. The molecule has 2 N–H and O–H groups in total. The van der Waals surface area contributed by atoms with Gasteiger partial charge in [0.05, 0.1) is 0 Å². The highest BCUT2D eigenvalue weighted by atomic mass is 32.2. The minimum absolute atomic E-state index is 0.266. The minimum Gasteiger partial charge on any atom is -0.375 e. The zero-order chi connectivity index (χ0) is 15.4. The molecule has 0 saturated heterocycles. The molecule has 0 aromatic carbocycles. The topological polar surface area (TPSA) is 91.7 Å². The number of unbranched alkanes of at least 4 members (excludes halogenated alkanes) is 8. The van der Waals surface area contributed by atoms with Gasteiger partial charge in [-0.15, -0.1) is 0 Å². The van der Waals surface area contributed by atoms with E-state index in [1.807, 2.05) is 0 Å². The number of hydrogen-bond acceptors (Lipinski definition) is 4. The molecule has 0 aliphatic rings. The highest BCUT2D eigenvalue weighted by Gasteiger charge is 2.22. The van der Waals surface area contributed by atoms with E-state index in [1.165, 1.54) is 38.5 Å². The van der Waals surface area contributed by atoms with Gasteiger partial charge in [-0.1, -0.05) is 58.3 Å². The quantitative estimate of drug-likeness (QED) is 0.403. The number of ketones is 1. The van der Waals surface area contributed by atoms with Gasteiger partial charge in [-0.25, -0.2) is 0 Å². The molecule has 120 valence electrons. The van der Waals surface area contributed by atoms with E-state index in [9.17, 15) is 13.2 Å². The summed E-state index contributed by atoms with van der Waals surface area (Å²) in [6.45, 7) is 2.19. The average Bonchev–Trinajstić information content (AvgIpc) is 2.35. The second-order valence-electron chi connectivity index (χ2n) is 5.29. The van der Waals surface area contributed by atoms with Gasteiger partial charge >= 0.3 is 0 Å². The van der Waals surface area contributed by atoms with E-state index in [2.05, 4.69) is 6.92 Å². The molecule has 0 spiro atoms. The summed E-state index contributed by atoms with van der Waals surface area (Å²) in [5.41, 5.74) is -1.98. The van der Waals surface area contributed by atoms with Gasteiger partial charge in [0.25, 0.3) is 10.1 Å². The van der Waals surface area contributed by atoms with Crippen LogP contribution in [0.2, 0.25) is 0 Å². The van der Waals surface area contributed by atoms with Crippen molar-refractivity contribution >= 4 is 15.9 Å². The lowest BCUT2D eigenvalue weighted by molar-refractivity contribution is -0.120. The van der Waals surface area contributed by atoms with Crippen molar-refractivity contribution in [2.24, 2.45) is 0 Å². The van der Waals surface area contributed by atoms with Crippen LogP contribution in [0.5, 0.6) is 0 Å². The largest absolute Gasteiger partial charge is 0.375 e. The maximum atomic E-state index is 11.4. The van der Waals surface area contributed by atoms with E-state index in [4.69, 9.17) is 9.66 Å². The fraction of sp³-hybridized carbons (Fsp3) is 0.929. The fourth-order valence-electron chi connectivity index (χ4n) is 2.03. The summed E-state index contributed by atoms with van der Waals surface area (Å²) in [4.78, 5) is 11.4. The molecular formula is C14H28O5S. The third-order valence-electron chi connectivity index (χ3n) is 3.31. The van der Waals surface area contributed by atoms with Crippen molar-refractivity contribution < 1.29 is 22.9 Å². The molecule has 0 aliphatic carbocycles. The van der Waals surface area contributed by atoms with Crippen molar-refractivity contribution in [3.8, 4) is 0 Å². The SMILES string of the molecule is CCCCCCCCCCCC(=O)C[C@@H](O)S(=O)(=O)O. The van der Waals surface area contributed by atoms with Crippen LogP contribution in [-0.2, 0) is 14.9 Å². The number of aliphatic hydroxyl groups excluding tert-OH is 1. The van der Waals surface area contributed by atoms with E-state index in [0.29, 0.717) is 6.42 Å². The van der Waals surface area contributed by atoms with Gasteiger partial charge in [0.1, 0.15) is 5.78 Å². The zero-order valence-corrected chi connectivity index (χ0v) is 13.2. The number of carbonyl (C=O) groups excluding carboxylic acids is 1. The molecule has 0 heterocycles. The number of carbonyl (C=O) groups is 1. The first-order valence-corrected chi connectivity index (χ1v) is 9.04. The maximum Gasteiger partial charge on any atom is 0.292 e. The first-order chi connectivity index (χ1) is 9.38. The van der Waals surface area contributed by atoms with E-state index >= 15 is 0 Å². The maximum absolute atomic E-state index is 11.4. The van der Waals surface area contributed by atoms with Gasteiger partial charge in [-0.05, 0) is 6.42 Å². The Morgan fingerprint density at radius 1 is 0.950 bits per heavy atom. The Labute approximate surface area is 122 Å². The summed E-state index contributed by atoms with van der Waals surface area (Å²) < 4.78 is 29.6. The van der Waals surface area contributed by atoms with Crippen molar-refractivity contribution in [2.75, 3.05) is 0 Å². The molecule has 0 amide bonds. The Morgan fingerprint density at radius 3 is 1.85 bits per heavy atom. The second kappa shape index (κ2) is 11.2. The molecule has 6 heteroatoms. The molecule has 20 heavy (non-hydrogen) atoms. The Kier molecular flexibility index (Phi) is 11.0. The lowest BCUT2D eigenvalue weighted by Crippen LogP contribution is -2.23. The average molecular weight is 308 g/mol. The van der Waals surface area contributed by atoms with Crippen LogP contribution in [0.4, 0.5) is 0 Å². The Balaban J connectivity index is 3.45. The Hall–Kier alpha value is -0.460. The number of hydrogen-bond donors (Lipinski definition) is 2. The normalized spacial score (nSPS) is 13.3. The molecular weight excluding hydrogens is 280 g/mol. The molecule has 0 unspecified atom stereocenters. The van der Waals surface area contributed by atoms with Crippen molar-refractivity contribution in [3.63, 3.8) is 0 Å². The van der Waals surface area contributed by atoms with Crippen LogP contribution >= 0.6 is 0 Å². The summed E-state index contributed by atoms with van der Waals surface area (Å²) in [5, 5.41) is 9.04. The van der Waals surface area contributed by atoms with E-state index < -0.39 is 22.0 Å². The van der Waals surface area contributed by atoms with Crippen molar-refractivity contribution in [1.29, 1.82) is 0 Å². The third-order valence-corrected chi connectivity index (χ3v) is 4.16. The van der Waals surface area contributed by atoms with Crippen LogP contribution in [0.3, 0.4) is 0 Å². The highest BCUT2D eigenvalue weighted by molar-refractivity contribution is 7.86. The summed E-state index contributed by atoms with van der Waals surface area (Å²) in [6.07, 6.45) is 10.0. The molecule has 0 rings (SSSR count). The monoisotopic (exact) mass is 308 g/mol. The zero-order valence-electron chi connectivity index (χ0n) is 12.4. The smallest absolute Gasteiger partial charge is 0.292 e. The Morgan fingerprint density at radius 2 is 1.40 bits per heavy atom. The van der Waals surface area contributed by atoms with Crippen molar-refractivity contribution in [2.45, 2.75) is 83.0 Å². The first kappa shape index (κ1) is 19.5. The van der Waals surface area contributed by atoms with Crippen LogP contribution in [0, 0.1) is 0 Å². The Bertz CT molecular complexity index is 351. The van der Waals surface area contributed by atoms with Crippen molar-refractivity contribution in [3.05, 3.63) is 0 Å². The van der Waals surface area contributed by atoms with Gasteiger partial charge < -0.3 is 5.11 Å². The fourth-order valence-corrected chi connectivity index (χ4v) is 2.43. The first-order valence-electron chi connectivity index (χ1n) is 7.54. The summed E-state index contributed by atoms with van der Waals surface area (Å²) >= 11 is 0. The molecule has 0 radical (unpaired) electrons. The lowest BCUT2D eigenvalue weighted by atomic mass is 10.0. The van der Waals surface area contributed by atoms with Gasteiger partial charge in [0.2, 0.25) is 0 Å². The van der Waals surface area contributed by atoms with Crippen LogP contribution in [0.25, 0.3) is 0 Å².